The second-order valence-corrected chi connectivity index (χ2v) is 3.59. The Hall–Kier alpha value is -0.970. The average Bonchev–Trinajstić information content (AvgIpc) is 2.25. The van der Waals surface area contributed by atoms with Crippen LogP contribution in [0, 0.1) is 5.82 Å². The standard InChI is InChI=1S/C11H12ClFO3/c1-15-11(16-2)10(14)6-7-5-8(13)3-4-9(7)12/h3-5,11H,6H2,1-2H3. The molecule has 1 aromatic rings. The highest BCUT2D eigenvalue weighted by Crippen LogP contribution is 2.18. The maximum absolute atomic E-state index is 12.9. The highest BCUT2D eigenvalue weighted by Gasteiger charge is 2.18. The van der Waals surface area contributed by atoms with Crippen molar-refractivity contribution in [1.82, 2.24) is 0 Å². The first kappa shape index (κ1) is 13.1. The topological polar surface area (TPSA) is 35.5 Å². The SMILES string of the molecule is COC(OC)C(=O)Cc1cc(F)ccc1Cl. The molecular weight excluding hydrogens is 235 g/mol. The van der Waals surface area contributed by atoms with Crippen LogP contribution in [0.25, 0.3) is 0 Å². The van der Waals surface area contributed by atoms with Crippen molar-refractivity contribution in [3.63, 3.8) is 0 Å². The van der Waals surface area contributed by atoms with Crippen molar-refractivity contribution >= 4 is 17.4 Å². The van der Waals surface area contributed by atoms with Crippen molar-refractivity contribution in [1.29, 1.82) is 0 Å². The molecule has 0 saturated carbocycles. The Kier molecular flexibility index (Phi) is 4.86. The predicted molar refractivity (Wildman–Crippen MR) is 57.9 cm³/mol. The first-order valence-electron chi connectivity index (χ1n) is 4.60. The van der Waals surface area contributed by atoms with Crippen LogP contribution in [0.5, 0.6) is 0 Å². The molecule has 0 atom stereocenters. The first-order valence-corrected chi connectivity index (χ1v) is 4.98. The Bertz CT molecular complexity index is 377. The summed E-state index contributed by atoms with van der Waals surface area (Å²) in [7, 11) is 2.72. The summed E-state index contributed by atoms with van der Waals surface area (Å²) in [6, 6.07) is 3.87. The van der Waals surface area contributed by atoms with Gasteiger partial charge in [-0.1, -0.05) is 11.6 Å². The van der Waals surface area contributed by atoms with Gasteiger partial charge in [0, 0.05) is 25.7 Å². The van der Waals surface area contributed by atoms with Crippen LogP contribution in [0.4, 0.5) is 4.39 Å². The lowest BCUT2D eigenvalue weighted by Gasteiger charge is -2.12. The normalized spacial score (nSPS) is 10.8. The number of ether oxygens (including phenoxy) is 2. The molecule has 0 aliphatic rings. The van der Waals surface area contributed by atoms with E-state index in [1.165, 1.54) is 32.4 Å². The Balaban J connectivity index is 2.80. The zero-order chi connectivity index (χ0) is 12.1. The van der Waals surface area contributed by atoms with Crippen molar-refractivity contribution < 1.29 is 18.7 Å². The highest BCUT2D eigenvalue weighted by molar-refractivity contribution is 6.31. The Morgan fingerprint density at radius 1 is 1.44 bits per heavy atom. The zero-order valence-electron chi connectivity index (χ0n) is 9.00. The molecule has 0 radical (unpaired) electrons. The molecule has 88 valence electrons. The molecule has 0 spiro atoms. The number of methoxy groups -OCH3 is 2. The van der Waals surface area contributed by atoms with Crippen molar-refractivity contribution in [2.24, 2.45) is 0 Å². The van der Waals surface area contributed by atoms with Crippen LogP contribution >= 0.6 is 11.6 Å². The highest BCUT2D eigenvalue weighted by atomic mass is 35.5. The maximum Gasteiger partial charge on any atom is 0.217 e. The third-order valence-electron chi connectivity index (χ3n) is 2.06. The fourth-order valence-electron chi connectivity index (χ4n) is 1.31. The molecule has 1 rings (SSSR count). The summed E-state index contributed by atoms with van der Waals surface area (Å²) in [5.41, 5.74) is 0.422. The van der Waals surface area contributed by atoms with Crippen LogP contribution in [0.15, 0.2) is 18.2 Å². The molecule has 0 aromatic heterocycles. The minimum atomic E-state index is -0.945. The summed E-state index contributed by atoms with van der Waals surface area (Å²) >= 11 is 5.83. The first-order chi connectivity index (χ1) is 7.58. The molecule has 0 fully saturated rings. The van der Waals surface area contributed by atoms with E-state index < -0.39 is 12.1 Å². The van der Waals surface area contributed by atoms with Gasteiger partial charge in [-0.3, -0.25) is 4.79 Å². The second kappa shape index (κ2) is 5.94. The molecular formula is C11H12ClFO3. The van der Waals surface area contributed by atoms with E-state index in [9.17, 15) is 9.18 Å². The summed E-state index contributed by atoms with van der Waals surface area (Å²) in [4.78, 5) is 11.6. The van der Waals surface area contributed by atoms with Gasteiger partial charge >= 0.3 is 0 Å². The number of hydrogen-bond acceptors (Lipinski definition) is 3. The summed E-state index contributed by atoms with van der Waals surface area (Å²) in [5, 5.41) is 0.348. The van der Waals surface area contributed by atoms with Crippen molar-refractivity contribution in [2.75, 3.05) is 14.2 Å². The van der Waals surface area contributed by atoms with Crippen molar-refractivity contribution in [3.8, 4) is 0 Å². The number of hydrogen-bond donors (Lipinski definition) is 0. The van der Waals surface area contributed by atoms with Crippen LogP contribution in [0.2, 0.25) is 5.02 Å². The van der Waals surface area contributed by atoms with E-state index in [-0.39, 0.29) is 12.2 Å². The summed E-state index contributed by atoms with van der Waals surface area (Å²) in [6.07, 6.45) is -0.970. The average molecular weight is 247 g/mol. The number of ketones is 1. The van der Waals surface area contributed by atoms with E-state index in [1.807, 2.05) is 0 Å². The number of halogens is 2. The number of carbonyl (C=O) groups is 1. The molecule has 0 heterocycles. The number of benzene rings is 1. The third kappa shape index (κ3) is 3.27. The smallest absolute Gasteiger partial charge is 0.217 e. The minimum absolute atomic E-state index is 0.0249. The number of carbonyl (C=O) groups excluding carboxylic acids is 1. The van der Waals surface area contributed by atoms with E-state index in [0.29, 0.717) is 10.6 Å². The van der Waals surface area contributed by atoms with E-state index in [0.717, 1.165) is 0 Å². The molecule has 0 N–H and O–H groups in total. The Labute approximate surface area is 98.1 Å². The van der Waals surface area contributed by atoms with Gasteiger partial charge in [-0.25, -0.2) is 4.39 Å². The monoisotopic (exact) mass is 246 g/mol. The van der Waals surface area contributed by atoms with E-state index >= 15 is 0 Å². The van der Waals surface area contributed by atoms with Crippen LogP contribution in [-0.4, -0.2) is 26.3 Å². The van der Waals surface area contributed by atoms with Gasteiger partial charge in [0.15, 0.2) is 5.78 Å². The van der Waals surface area contributed by atoms with E-state index in [2.05, 4.69) is 0 Å². The van der Waals surface area contributed by atoms with Crippen LogP contribution < -0.4 is 0 Å². The molecule has 0 aliphatic heterocycles. The van der Waals surface area contributed by atoms with Crippen molar-refractivity contribution in [2.45, 2.75) is 12.7 Å². The molecule has 0 aliphatic carbocycles. The minimum Gasteiger partial charge on any atom is -0.349 e. The van der Waals surface area contributed by atoms with Gasteiger partial charge in [0.1, 0.15) is 5.82 Å². The zero-order valence-corrected chi connectivity index (χ0v) is 9.75. The van der Waals surface area contributed by atoms with E-state index in [1.54, 1.807) is 0 Å². The van der Waals surface area contributed by atoms with Crippen LogP contribution in [0.3, 0.4) is 0 Å². The fraction of sp³-hybridized carbons (Fsp3) is 0.364. The van der Waals surface area contributed by atoms with Gasteiger partial charge in [-0.05, 0) is 23.8 Å². The van der Waals surface area contributed by atoms with Gasteiger partial charge in [0.2, 0.25) is 6.29 Å². The molecule has 16 heavy (non-hydrogen) atoms. The summed E-state index contributed by atoms with van der Waals surface area (Å²) < 4.78 is 22.5. The van der Waals surface area contributed by atoms with Crippen molar-refractivity contribution in [3.05, 3.63) is 34.6 Å². The molecule has 1 aromatic carbocycles. The second-order valence-electron chi connectivity index (χ2n) is 3.18. The van der Waals surface area contributed by atoms with Gasteiger partial charge in [-0.15, -0.1) is 0 Å². The largest absolute Gasteiger partial charge is 0.349 e. The molecule has 3 nitrogen and oxygen atoms in total. The Morgan fingerprint density at radius 3 is 2.62 bits per heavy atom. The van der Waals surface area contributed by atoms with Gasteiger partial charge in [0.25, 0.3) is 0 Å². The van der Waals surface area contributed by atoms with Crippen LogP contribution in [0.1, 0.15) is 5.56 Å². The molecule has 0 unspecified atom stereocenters. The molecule has 0 bridgehead atoms. The third-order valence-corrected chi connectivity index (χ3v) is 2.43. The fourth-order valence-corrected chi connectivity index (χ4v) is 1.49. The van der Waals surface area contributed by atoms with E-state index in [4.69, 9.17) is 21.1 Å². The van der Waals surface area contributed by atoms with Crippen LogP contribution in [-0.2, 0) is 20.7 Å². The van der Waals surface area contributed by atoms with Gasteiger partial charge < -0.3 is 9.47 Å². The molecule has 0 saturated heterocycles. The lowest BCUT2D eigenvalue weighted by molar-refractivity contribution is -0.155. The van der Waals surface area contributed by atoms with Gasteiger partial charge in [0.05, 0.1) is 0 Å². The molecule has 5 heteroatoms. The Morgan fingerprint density at radius 2 is 2.06 bits per heavy atom. The number of rotatable bonds is 5. The summed E-state index contributed by atoms with van der Waals surface area (Å²) in [5.74, 6) is -0.740. The lowest BCUT2D eigenvalue weighted by Crippen LogP contribution is -2.26. The lowest BCUT2D eigenvalue weighted by atomic mass is 10.1. The summed E-state index contributed by atoms with van der Waals surface area (Å²) in [6.45, 7) is 0. The molecule has 0 amide bonds. The maximum atomic E-state index is 12.9. The predicted octanol–water partition coefficient (Wildman–Crippen LogP) is 2.21. The number of Topliss-reactive ketones (excluding diaryl/α,β-unsaturated/α-hetero) is 1. The quantitative estimate of drug-likeness (QED) is 0.748. The van der Waals surface area contributed by atoms with Gasteiger partial charge in [-0.2, -0.15) is 0 Å².